The van der Waals surface area contributed by atoms with Gasteiger partial charge in [-0.2, -0.15) is 0 Å². The normalized spacial score (nSPS) is 11.3. The molecule has 0 fully saturated rings. The first-order valence-electron chi connectivity index (χ1n) is 10.6. The monoisotopic (exact) mass is 430 g/mol. The summed E-state index contributed by atoms with van der Waals surface area (Å²) in [7, 11) is 0. The maximum atomic E-state index is 6.97. The van der Waals surface area contributed by atoms with Gasteiger partial charge in [-0.3, -0.25) is 0 Å². The number of furan rings is 1. The minimum Gasteiger partial charge on any atom is -0.455 e. The van der Waals surface area contributed by atoms with Crippen molar-refractivity contribution in [2.24, 2.45) is 0 Å². The predicted molar refractivity (Wildman–Crippen MR) is 135 cm³/mol. The van der Waals surface area contributed by atoms with Gasteiger partial charge in [0.1, 0.15) is 11.2 Å². The van der Waals surface area contributed by atoms with Crippen LogP contribution in [0, 0.1) is 0 Å². The van der Waals surface area contributed by atoms with Crippen LogP contribution in [0.5, 0.6) is 0 Å². The van der Waals surface area contributed by atoms with Gasteiger partial charge in [0.15, 0.2) is 0 Å². The van der Waals surface area contributed by atoms with E-state index in [1.54, 1.807) is 0 Å². The Labute approximate surface area is 191 Å². The van der Waals surface area contributed by atoms with Crippen molar-refractivity contribution >= 4 is 33.5 Å². The van der Waals surface area contributed by atoms with Crippen molar-refractivity contribution in [3.8, 4) is 33.4 Å². The third-order valence-corrected chi connectivity index (χ3v) is 6.25. The molecule has 1 aromatic heterocycles. The number of fused-ring (bicyclic) bond motifs is 3. The zero-order valence-corrected chi connectivity index (χ0v) is 18.0. The van der Waals surface area contributed by atoms with Crippen LogP contribution in [0.3, 0.4) is 0 Å². The van der Waals surface area contributed by atoms with Gasteiger partial charge in [-0.05, 0) is 40.5 Å². The minimum atomic E-state index is 0.723. The summed E-state index contributed by atoms with van der Waals surface area (Å²) in [6, 6.07) is 39.5. The van der Waals surface area contributed by atoms with E-state index >= 15 is 0 Å². The van der Waals surface area contributed by atoms with E-state index in [2.05, 4.69) is 60.7 Å². The Kier molecular flexibility index (Phi) is 4.56. The molecule has 152 valence electrons. The molecule has 0 aliphatic heterocycles. The fraction of sp³-hybridized carbons (Fsp3) is 0. The summed E-state index contributed by atoms with van der Waals surface area (Å²) in [6.07, 6.45) is 0. The Morgan fingerprint density at radius 2 is 1.16 bits per heavy atom. The summed E-state index contributed by atoms with van der Waals surface area (Å²) in [6.45, 7) is 0. The maximum absolute atomic E-state index is 6.97. The second-order valence-electron chi connectivity index (χ2n) is 7.89. The molecule has 0 bridgehead atoms. The van der Waals surface area contributed by atoms with Crippen molar-refractivity contribution in [1.29, 1.82) is 0 Å². The summed E-state index contributed by atoms with van der Waals surface area (Å²) >= 11 is 6.97. The highest BCUT2D eigenvalue weighted by Gasteiger charge is 2.18. The number of para-hydroxylation sites is 2. The van der Waals surface area contributed by atoms with Crippen LogP contribution in [0.1, 0.15) is 0 Å². The molecule has 0 saturated carbocycles. The Morgan fingerprint density at radius 1 is 0.500 bits per heavy atom. The molecular weight excluding hydrogens is 412 g/mol. The average molecular weight is 431 g/mol. The standard InChI is InChI=1S/C30H19ClO/c31-27-19-22(20-10-3-1-4-11-20)18-26(29(27)21-12-5-2-6-13-21)25-16-9-15-24-23-14-7-8-17-28(23)32-30(24)25/h1-19H. The Bertz CT molecular complexity index is 1560. The van der Waals surface area contributed by atoms with Crippen LogP contribution < -0.4 is 0 Å². The number of rotatable bonds is 3. The number of hydrogen-bond donors (Lipinski definition) is 0. The van der Waals surface area contributed by atoms with E-state index in [0.717, 1.165) is 60.3 Å². The Balaban J connectivity index is 1.70. The molecule has 0 aliphatic carbocycles. The van der Waals surface area contributed by atoms with Crippen LogP contribution in [0.2, 0.25) is 5.02 Å². The number of hydrogen-bond acceptors (Lipinski definition) is 1. The lowest BCUT2D eigenvalue weighted by molar-refractivity contribution is 0.670. The molecule has 0 atom stereocenters. The summed E-state index contributed by atoms with van der Waals surface area (Å²) in [5, 5.41) is 2.95. The van der Waals surface area contributed by atoms with Gasteiger partial charge in [-0.25, -0.2) is 0 Å². The van der Waals surface area contributed by atoms with Crippen molar-refractivity contribution in [1.82, 2.24) is 0 Å². The van der Waals surface area contributed by atoms with Crippen molar-refractivity contribution in [2.45, 2.75) is 0 Å². The topological polar surface area (TPSA) is 13.1 Å². The van der Waals surface area contributed by atoms with E-state index in [-0.39, 0.29) is 0 Å². The average Bonchev–Trinajstić information content (AvgIpc) is 3.23. The largest absolute Gasteiger partial charge is 0.455 e. The van der Waals surface area contributed by atoms with E-state index in [1.807, 2.05) is 54.6 Å². The second-order valence-corrected chi connectivity index (χ2v) is 8.30. The highest BCUT2D eigenvalue weighted by atomic mass is 35.5. The summed E-state index contributed by atoms with van der Waals surface area (Å²) in [5.74, 6) is 0. The van der Waals surface area contributed by atoms with Crippen molar-refractivity contribution in [3.63, 3.8) is 0 Å². The molecule has 0 aliphatic rings. The molecule has 6 rings (SSSR count). The maximum Gasteiger partial charge on any atom is 0.143 e. The van der Waals surface area contributed by atoms with Crippen LogP contribution in [0.25, 0.3) is 55.3 Å². The van der Waals surface area contributed by atoms with E-state index < -0.39 is 0 Å². The molecule has 32 heavy (non-hydrogen) atoms. The molecule has 2 heteroatoms. The first-order valence-corrected chi connectivity index (χ1v) is 11.0. The Morgan fingerprint density at radius 3 is 1.94 bits per heavy atom. The molecule has 1 nitrogen and oxygen atoms in total. The summed E-state index contributed by atoms with van der Waals surface area (Å²) in [5.41, 5.74) is 8.18. The third kappa shape index (κ3) is 3.10. The van der Waals surface area contributed by atoms with Gasteiger partial charge < -0.3 is 4.42 Å². The molecule has 0 spiro atoms. The SMILES string of the molecule is Clc1cc(-c2ccccc2)cc(-c2cccc3c2oc2ccccc23)c1-c1ccccc1. The molecular formula is C30H19ClO. The summed E-state index contributed by atoms with van der Waals surface area (Å²) < 4.78 is 6.37. The number of halogens is 1. The van der Waals surface area contributed by atoms with E-state index in [1.165, 1.54) is 0 Å². The molecule has 5 aromatic carbocycles. The molecule has 0 saturated heterocycles. The second kappa shape index (κ2) is 7.71. The lowest BCUT2D eigenvalue weighted by Gasteiger charge is -2.16. The van der Waals surface area contributed by atoms with Crippen molar-refractivity contribution in [2.75, 3.05) is 0 Å². The molecule has 6 aromatic rings. The van der Waals surface area contributed by atoms with E-state index in [9.17, 15) is 0 Å². The minimum absolute atomic E-state index is 0.723. The van der Waals surface area contributed by atoms with Gasteiger partial charge in [0.2, 0.25) is 0 Å². The van der Waals surface area contributed by atoms with Gasteiger partial charge in [0.25, 0.3) is 0 Å². The van der Waals surface area contributed by atoms with Crippen molar-refractivity contribution in [3.05, 3.63) is 120 Å². The first kappa shape index (κ1) is 18.9. The van der Waals surface area contributed by atoms with Crippen LogP contribution in [0.15, 0.2) is 120 Å². The Hall–Kier alpha value is -3.81. The van der Waals surface area contributed by atoms with Gasteiger partial charge in [0.05, 0.1) is 0 Å². The van der Waals surface area contributed by atoms with Crippen LogP contribution >= 0.6 is 11.6 Å². The van der Waals surface area contributed by atoms with Crippen molar-refractivity contribution < 1.29 is 4.42 Å². The summed E-state index contributed by atoms with van der Waals surface area (Å²) in [4.78, 5) is 0. The fourth-order valence-corrected chi connectivity index (χ4v) is 4.80. The molecule has 1 heterocycles. The zero-order chi connectivity index (χ0) is 21.5. The molecule has 0 unspecified atom stereocenters. The van der Waals surface area contributed by atoms with Gasteiger partial charge >= 0.3 is 0 Å². The lowest BCUT2D eigenvalue weighted by atomic mass is 9.90. The lowest BCUT2D eigenvalue weighted by Crippen LogP contribution is -1.90. The van der Waals surface area contributed by atoms with E-state index in [0.29, 0.717) is 0 Å². The van der Waals surface area contributed by atoms with Gasteiger partial charge in [-0.1, -0.05) is 109 Å². The van der Waals surface area contributed by atoms with Crippen LogP contribution in [0.4, 0.5) is 0 Å². The first-order chi connectivity index (χ1) is 15.8. The van der Waals surface area contributed by atoms with Crippen LogP contribution in [-0.2, 0) is 0 Å². The van der Waals surface area contributed by atoms with Gasteiger partial charge in [-0.15, -0.1) is 0 Å². The highest BCUT2D eigenvalue weighted by Crippen LogP contribution is 2.44. The number of benzene rings is 5. The fourth-order valence-electron chi connectivity index (χ4n) is 4.47. The smallest absolute Gasteiger partial charge is 0.143 e. The third-order valence-electron chi connectivity index (χ3n) is 5.95. The zero-order valence-electron chi connectivity index (χ0n) is 17.3. The molecule has 0 radical (unpaired) electrons. The van der Waals surface area contributed by atoms with E-state index in [4.69, 9.17) is 16.0 Å². The quantitative estimate of drug-likeness (QED) is 0.272. The van der Waals surface area contributed by atoms with Gasteiger partial charge in [0, 0.05) is 26.9 Å². The highest BCUT2D eigenvalue weighted by molar-refractivity contribution is 6.34. The van der Waals surface area contributed by atoms with Crippen LogP contribution in [-0.4, -0.2) is 0 Å². The predicted octanol–water partition coefficient (Wildman–Crippen LogP) is 9.24. The molecule has 0 N–H and O–H groups in total. The molecule has 0 amide bonds.